The number of carbonyl (C=O) groups excluding carboxylic acids is 2. The minimum absolute atomic E-state index is 0.129. The molecular weight excluding hydrogens is 350 g/mol. The van der Waals surface area contributed by atoms with Gasteiger partial charge in [0.25, 0.3) is 0 Å². The maximum absolute atomic E-state index is 12.3. The molecule has 6 heteroatoms. The molecule has 0 heterocycles. The topological polar surface area (TPSA) is 61.4 Å². The molecule has 0 aliphatic carbocycles. The van der Waals surface area contributed by atoms with E-state index in [9.17, 15) is 9.59 Å². The normalized spacial score (nSPS) is 10.7. The van der Waals surface area contributed by atoms with Crippen LogP contribution in [0.5, 0.6) is 0 Å². The molecule has 0 saturated carbocycles. The van der Waals surface area contributed by atoms with Gasteiger partial charge in [0.1, 0.15) is 0 Å². The zero-order valence-electron chi connectivity index (χ0n) is 15.3. The zero-order chi connectivity index (χ0) is 19.1. The van der Waals surface area contributed by atoms with Crippen molar-refractivity contribution in [2.24, 2.45) is 0 Å². The van der Waals surface area contributed by atoms with Gasteiger partial charge in [-0.05, 0) is 50.2 Å². The molecule has 2 aromatic rings. The summed E-state index contributed by atoms with van der Waals surface area (Å²) in [5.41, 5.74) is 3.49. The lowest BCUT2D eigenvalue weighted by Crippen LogP contribution is -2.38. The van der Waals surface area contributed by atoms with E-state index in [0.717, 1.165) is 16.8 Å². The molecule has 0 aliphatic heterocycles. The van der Waals surface area contributed by atoms with Crippen LogP contribution < -0.4 is 10.6 Å². The van der Waals surface area contributed by atoms with E-state index in [1.807, 2.05) is 51.1 Å². The summed E-state index contributed by atoms with van der Waals surface area (Å²) in [6.45, 7) is 6.67. The van der Waals surface area contributed by atoms with Crippen molar-refractivity contribution >= 4 is 34.8 Å². The molecule has 2 amide bonds. The van der Waals surface area contributed by atoms with Crippen molar-refractivity contribution in [1.29, 1.82) is 0 Å². The molecule has 0 aliphatic rings. The molecule has 0 bridgehead atoms. The smallest absolute Gasteiger partial charge is 0.238 e. The first-order valence-corrected chi connectivity index (χ1v) is 8.90. The summed E-state index contributed by atoms with van der Waals surface area (Å²) in [7, 11) is 0. The molecule has 0 unspecified atom stereocenters. The van der Waals surface area contributed by atoms with Crippen LogP contribution >= 0.6 is 11.6 Å². The summed E-state index contributed by atoms with van der Waals surface area (Å²) in [6.07, 6.45) is 0. The van der Waals surface area contributed by atoms with Gasteiger partial charge < -0.3 is 10.6 Å². The predicted octanol–water partition coefficient (Wildman–Crippen LogP) is 3.86. The lowest BCUT2D eigenvalue weighted by molar-refractivity contribution is -0.119. The van der Waals surface area contributed by atoms with Crippen molar-refractivity contribution in [3.05, 3.63) is 58.6 Å². The van der Waals surface area contributed by atoms with Crippen LogP contribution in [0.25, 0.3) is 0 Å². The number of halogens is 1. The van der Waals surface area contributed by atoms with E-state index >= 15 is 0 Å². The molecule has 138 valence electrons. The Hall–Kier alpha value is -2.37. The molecule has 0 atom stereocenters. The zero-order valence-corrected chi connectivity index (χ0v) is 16.1. The average molecular weight is 374 g/mol. The standard InChI is InChI=1S/C20H24ClN3O2/c1-4-24(12-19(25)22-17-9-5-14(2)6-10-17)13-20(26)23-18-11-16(21)8-7-15(18)3/h5-11H,4,12-13H2,1-3H3,(H,22,25)(H,23,26). The van der Waals surface area contributed by atoms with E-state index in [2.05, 4.69) is 10.6 Å². The third kappa shape index (κ3) is 6.17. The molecule has 0 saturated heterocycles. The van der Waals surface area contributed by atoms with E-state index in [1.165, 1.54) is 0 Å². The van der Waals surface area contributed by atoms with Gasteiger partial charge in [-0.3, -0.25) is 14.5 Å². The Morgan fingerprint density at radius 2 is 1.58 bits per heavy atom. The number of anilines is 2. The number of amides is 2. The van der Waals surface area contributed by atoms with Crippen molar-refractivity contribution in [3.63, 3.8) is 0 Å². The van der Waals surface area contributed by atoms with Crippen LogP contribution in [-0.4, -0.2) is 36.3 Å². The van der Waals surface area contributed by atoms with Gasteiger partial charge in [-0.25, -0.2) is 0 Å². The van der Waals surface area contributed by atoms with Gasteiger partial charge in [-0.2, -0.15) is 0 Å². The van der Waals surface area contributed by atoms with Gasteiger partial charge >= 0.3 is 0 Å². The molecule has 0 fully saturated rings. The summed E-state index contributed by atoms with van der Waals surface area (Å²) in [5.74, 6) is -0.331. The molecular formula is C20H24ClN3O2. The van der Waals surface area contributed by atoms with Crippen LogP contribution in [-0.2, 0) is 9.59 Å². The summed E-state index contributed by atoms with van der Waals surface area (Å²) in [4.78, 5) is 26.3. The SMILES string of the molecule is CCN(CC(=O)Nc1ccc(C)cc1)CC(=O)Nc1cc(Cl)ccc1C. The Morgan fingerprint density at radius 3 is 2.19 bits per heavy atom. The second kappa shape index (κ2) is 9.36. The second-order valence-corrected chi connectivity index (χ2v) is 6.66. The highest BCUT2D eigenvalue weighted by Crippen LogP contribution is 2.20. The fraction of sp³-hybridized carbons (Fsp3) is 0.300. The van der Waals surface area contributed by atoms with Crippen molar-refractivity contribution in [2.45, 2.75) is 20.8 Å². The first kappa shape index (κ1) is 19.9. The molecule has 0 aromatic heterocycles. The molecule has 2 rings (SSSR count). The molecule has 5 nitrogen and oxygen atoms in total. The van der Waals surface area contributed by atoms with Crippen LogP contribution in [0.4, 0.5) is 11.4 Å². The fourth-order valence-electron chi connectivity index (χ4n) is 2.44. The average Bonchev–Trinajstić information content (AvgIpc) is 2.59. The van der Waals surface area contributed by atoms with Crippen LogP contribution in [0.2, 0.25) is 5.02 Å². The van der Waals surface area contributed by atoms with E-state index < -0.39 is 0 Å². The summed E-state index contributed by atoms with van der Waals surface area (Å²) in [6, 6.07) is 12.9. The first-order valence-electron chi connectivity index (χ1n) is 8.52. The third-order valence-corrected chi connectivity index (χ3v) is 4.23. The minimum Gasteiger partial charge on any atom is -0.325 e. The number of benzene rings is 2. The number of rotatable bonds is 7. The monoisotopic (exact) mass is 373 g/mol. The lowest BCUT2D eigenvalue weighted by Gasteiger charge is -2.20. The van der Waals surface area contributed by atoms with Crippen LogP contribution in [0.1, 0.15) is 18.1 Å². The first-order chi connectivity index (χ1) is 12.4. The quantitative estimate of drug-likeness (QED) is 0.774. The van der Waals surface area contributed by atoms with E-state index in [4.69, 9.17) is 11.6 Å². The van der Waals surface area contributed by atoms with E-state index in [1.54, 1.807) is 17.0 Å². The van der Waals surface area contributed by atoms with Gasteiger partial charge in [0.2, 0.25) is 11.8 Å². The van der Waals surface area contributed by atoms with E-state index in [-0.39, 0.29) is 24.9 Å². The highest BCUT2D eigenvalue weighted by molar-refractivity contribution is 6.31. The van der Waals surface area contributed by atoms with Crippen LogP contribution in [0.15, 0.2) is 42.5 Å². The van der Waals surface area contributed by atoms with Gasteiger partial charge in [0.15, 0.2) is 0 Å². The molecule has 2 N–H and O–H groups in total. The highest BCUT2D eigenvalue weighted by atomic mass is 35.5. The summed E-state index contributed by atoms with van der Waals surface area (Å²) in [5, 5.41) is 6.26. The van der Waals surface area contributed by atoms with Gasteiger partial charge in [-0.1, -0.05) is 42.3 Å². The number of hydrogen-bond acceptors (Lipinski definition) is 3. The lowest BCUT2D eigenvalue weighted by atomic mass is 10.2. The molecule has 2 aromatic carbocycles. The summed E-state index contributed by atoms with van der Waals surface area (Å²) >= 11 is 5.97. The van der Waals surface area contributed by atoms with Crippen molar-refractivity contribution < 1.29 is 9.59 Å². The molecule has 26 heavy (non-hydrogen) atoms. The van der Waals surface area contributed by atoms with Crippen molar-refractivity contribution in [2.75, 3.05) is 30.3 Å². The van der Waals surface area contributed by atoms with Crippen molar-refractivity contribution in [1.82, 2.24) is 4.90 Å². The molecule has 0 spiro atoms. The number of likely N-dealkylation sites (N-methyl/N-ethyl adjacent to an activating group) is 1. The Balaban J connectivity index is 1.89. The van der Waals surface area contributed by atoms with Crippen LogP contribution in [0, 0.1) is 13.8 Å². The molecule has 0 radical (unpaired) electrons. The highest BCUT2D eigenvalue weighted by Gasteiger charge is 2.14. The number of nitrogens with zero attached hydrogens (tertiary/aromatic N) is 1. The number of hydrogen-bond donors (Lipinski definition) is 2. The number of carbonyl (C=O) groups is 2. The number of aryl methyl sites for hydroxylation is 2. The maximum atomic E-state index is 12.3. The fourth-order valence-corrected chi connectivity index (χ4v) is 2.61. The largest absolute Gasteiger partial charge is 0.325 e. The van der Waals surface area contributed by atoms with Gasteiger partial charge in [-0.15, -0.1) is 0 Å². The second-order valence-electron chi connectivity index (χ2n) is 6.22. The minimum atomic E-state index is -0.180. The Morgan fingerprint density at radius 1 is 0.962 bits per heavy atom. The van der Waals surface area contributed by atoms with Crippen LogP contribution in [0.3, 0.4) is 0 Å². The van der Waals surface area contributed by atoms with E-state index in [0.29, 0.717) is 17.3 Å². The Labute approximate surface area is 159 Å². The maximum Gasteiger partial charge on any atom is 0.238 e. The third-order valence-electron chi connectivity index (χ3n) is 3.99. The summed E-state index contributed by atoms with van der Waals surface area (Å²) < 4.78 is 0. The van der Waals surface area contributed by atoms with Gasteiger partial charge in [0, 0.05) is 16.4 Å². The van der Waals surface area contributed by atoms with Gasteiger partial charge in [0.05, 0.1) is 13.1 Å². The number of nitrogens with one attached hydrogen (secondary N) is 2. The Bertz CT molecular complexity index is 775. The Kier molecular flexibility index (Phi) is 7.18. The van der Waals surface area contributed by atoms with Crippen molar-refractivity contribution in [3.8, 4) is 0 Å². The predicted molar refractivity (Wildman–Crippen MR) is 107 cm³/mol.